The largest absolute Gasteiger partial charge is 0.497 e. The molecule has 3 N–H and O–H groups in total. The van der Waals surface area contributed by atoms with Crippen molar-refractivity contribution in [3.8, 4) is 11.5 Å². The van der Waals surface area contributed by atoms with Crippen LogP contribution in [0.1, 0.15) is 11.7 Å². The normalized spacial score (nSPS) is 14.9. The molecule has 0 aliphatic rings. The lowest BCUT2D eigenvalue weighted by molar-refractivity contribution is 0.170. The van der Waals surface area contributed by atoms with Crippen molar-refractivity contribution in [3.63, 3.8) is 0 Å². The first kappa shape index (κ1) is 22.6. The van der Waals surface area contributed by atoms with Gasteiger partial charge in [-0.25, -0.2) is 4.79 Å². The third-order valence-electron chi connectivity index (χ3n) is 3.81. The topological polar surface area (TPSA) is 79.8 Å². The minimum absolute atomic E-state index is 0.137. The summed E-state index contributed by atoms with van der Waals surface area (Å²) in [5, 5.41) is 14.8. The van der Waals surface area contributed by atoms with E-state index in [9.17, 15) is 29.3 Å². The van der Waals surface area contributed by atoms with E-state index >= 15 is 0 Å². The number of nitrogens with one attached hydrogen (secondary N) is 2. The maximum Gasteiger partial charge on any atom is 0.319 e. The van der Waals surface area contributed by atoms with Crippen molar-refractivity contribution in [2.75, 3.05) is 26.1 Å². The lowest BCUT2D eigenvalue weighted by Crippen LogP contribution is -2.32. The van der Waals surface area contributed by atoms with Crippen molar-refractivity contribution in [3.05, 3.63) is 48.0 Å². The van der Waals surface area contributed by atoms with Gasteiger partial charge >= 0.3 is 16.3 Å². The Morgan fingerprint density at radius 3 is 2.17 bits per heavy atom. The Hall–Kier alpha value is -2.73. The fourth-order valence-electron chi connectivity index (χ4n) is 2.37. The van der Waals surface area contributed by atoms with Crippen molar-refractivity contribution in [2.45, 2.75) is 11.0 Å². The second-order valence-electron chi connectivity index (χ2n) is 5.95. The number of aliphatic hydroxyl groups excluding tert-OH is 1. The first-order chi connectivity index (χ1) is 13.2. The SMILES string of the molecule is COc1ccc(OC)c(C(O)CNC(=O)Nc2ccc(S(F)(F)(F)(F)F)cc2)c1. The van der Waals surface area contributed by atoms with Crippen LogP contribution in [-0.2, 0) is 0 Å². The molecule has 0 spiro atoms. The molecule has 6 nitrogen and oxygen atoms in total. The molecule has 2 aromatic rings. The van der Waals surface area contributed by atoms with Crippen LogP contribution in [0.25, 0.3) is 0 Å². The van der Waals surface area contributed by atoms with Crippen molar-refractivity contribution in [1.29, 1.82) is 0 Å². The molecule has 162 valence electrons. The van der Waals surface area contributed by atoms with Gasteiger partial charge in [-0.2, -0.15) is 0 Å². The van der Waals surface area contributed by atoms with Crippen LogP contribution in [0.3, 0.4) is 0 Å². The maximum atomic E-state index is 12.7. The van der Waals surface area contributed by atoms with Gasteiger partial charge in [0.15, 0.2) is 0 Å². The highest BCUT2D eigenvalue weighted by atomic mass is 32.5. The zero-order valence-electron chi connectivity index (χ0n) is 15.3. The summed E-state index contributed by atoms with van der Waals surface area (Å²) in [6, 6.07) is 5.62. The van der Waals surface area contributed by atoms with Gasteiger partial charge in [0.25, 0.3) is 0 Å². The van der Waals surface area contributed by atoms with Crippen molar-refractivity contribution in [2.24, 2.45) is 0 Å². The quantitative estimate of drug-likeness (QED) is 0.514. The number of benzene rings is 2. The van der Waals surface area contributed by atoms with E-state index in [1.165, 1.54) is 20.3 Å². The van der Waals surface area contributed by atoms with E-state index in [1.54, 1.807) is 12.1 Å². The molecule has 2 aromatic carbocycles. The fraction of sp³-hybridized carbons (Fsp3) is 0.235. The number of halogens is 5. The van der Waals surface area contributed by atoms with Crippen LogP contribution >= 0.6 is 10.2 Å². The highest BCUT2D eigenvalue weighted by molar-refractivity contribution is 8.45. The van der Waals surface area contributed by atoms with Gasteiger partial charge in [-0.15, -0.1) is 0 Å². The van der Waals surface area contributed by atoms with Gasteiger partial charge in [0.2, 0.25) is 0 Å². The molecular weight excluding hydrogens is 423 g/mol. The highest BCUT2D eigenvalue weighted by Gasteiger charge is 2.65. The molecule has 0 heterocycles. The Morgan fingerprint density at radius 1 is 1.03 bits per heavy atom. The Balaban J connectivity index is 2.00. The van der Waals surface area contributed by atoms with Gasteiger partial charge in [0.05, 0.1) is 14.2 Å². The van der Waals surface area contributed by atoms with Gasteiger partial charge in [0.1, 0.15) is 22.5 Å². The number of hydrogen-bond donors (Lipinski definition) is 3. The molecule has 0 aliphatic heterocycles. The minimum Gasteiger partial charge on any atom is -0.497 e. The summed E-state index contributed by atoms with van der Waals surface area (Å²) < 4.78 is 73.6. The molecule has 1 unspecified atom stereocenters. The van der Waals surface area contributed by atoms with Gasteiger partial charge in [-0.1, -0.05) is 19.4 Å². The number of rotatable bonds is 7. The fourth-order valence-corrected chi connectivity index (χ4v) is 3.02. The monoisotopic (exact) mass is 442 g/mol. The van der Waals surface area contributed by atoms with E-state index in [1.807, 2.05) is 0 Å². The van der Waals surface area contributed by atoms with Gasteiger partial charge in [0, 0.05) is 17.8 Å². The number of carbonyl (C=O) groups is 1. The smallest absolute Gasteiger partial charge is 0.319 e. The molecule has 2 rings (SSSR count). The summed E-state index contributed by atoms with van der Waals surface area (Å²) in [6.45, 7) is -0.265. The first-order valence-corrected chi connectivity index (χ1v) is 9.97. The average Bonchev–Trinajstić information content (AvgIpc) is 2.64. The number of carbonyl (C=O) groups excluding carboxylic acids is 1. The van der Waals surface area contributed by atoms with Crippen molar-refractivity contribution in [1.82, 2.24) is 5.32 Å². The third kappa shape index (κ3) is 6.12. The molecule has 29 heavy (non-hydrogen) atoms. The third-order valence-corrected chi connectivity index (χ3v) is 4.97. The van der Waals surface area contributed by atoms with Crippen LogP contribution in [0, 0.1) is 0 Å². The van der Waals surface area contributed by atoms with Gasteiger partial charge in [-0.3, -0.25) is 0 Å². The van der Waals surface area contributed by atoms with Crippen molar-refractivity contribution >= 4 is 21.9 Å². The predicted molar refractivity (Wildman–Crippen MR) is 99.4 cm³/mol. The Bertz CT molecular complexity index is 892. The van der Waals surface area contributed by atoms with Crippen LogP contribution in [0.5, 0.6) is 11.5 Å². The molecule has 12 heteroatoms. The van der Waals surface area contributed by atoms with E-state index < -0.39 is 27.3 Å². The van der Waals surface area contributed by atoms with E-state index in [2.05, 4.69) is 10.6 Å². The average molecular weight is 442 g/mol. The maximum absolute atomic E-state index is 12.7. The second-order valence-corrected chi connectivity index (χ2v) is 8.36. The van der Waals surface area contributed by atoms with E-state index in [4.69, 9.17) is 9.47 Å². The molecule has 1 atom stereocenters. The summed E-state index contributed by atoms with van der Waals surface area (Å²) in [5.41, 5.74) is 0.203. The standard InChI is InChI=1S/C17H19F5N2O4S/c1-27-12-5-8-16(28-2)14(9-12)15(25)10-23-17(26)24-11-3-6-13(7-4-11)29(18,19,20,21)22/h3-9,15,25H,10H2,1-2H3,(H2,23,24,26). The summed E-state index contributed by atoms with van der Waals surface area (Å²) in [4.78, 5) is 9.82. The summed E-state index contributed by atoms with van der Waals surface area (Å²) in [7, 11) is -6.94. The van der Waals surface area contributed by atoms with Crippen LogP contribution in [0.4, 0.5) is 29.9 Å². The summed E-state index contributed by atoms with van der Waals surface area (Å²) in [5.74, 6) is 0.806. The van der Waals surface area contributed by atoms with Crippen LogP contribution in [0.15, 0.2) is 47.4 Å². The minimum atomic E-state index is -9.77. The first-order valence-electron chi connectivity index (χ1n) is 8.02. The Labute approximate surface area is 163 Å². The van der Waals surface area contributed by atoms with E-state index in [-0.39, 0.29) is 24.4 Å². The number of methoxy groups -OCH3 is 2. The summed E-state index contributed by atoms with van der Waals surface area (Å²) in [6.07, 6.45) is -1.18. The van der Waals surface area contributed by atoms with Gasteiger partial charge in [-0.05, 0) is 42.5 Å². The number of aliphatic hydroxyl groups is 1. The Morgan fingerprint density at radius 2 is 1.66 bits per heavy atom. The molecule has 0 aromatic heterocycles. The van der Waals surface area contributed by atoms with Gasteiger partial charge < -0.3 is 25.2 Å². The summed E-state index contributed by atoms with van der Waals surface area (Å²) >= 11 is 0. The van der Waals surface area contributed by atoms with Crippen LogP contribution in [0.2, 0.25) is 0 Å². The predicted octanol–water partition coefficient (Wildman–Crippen LogP) is 5.22. The zero-order chi connectivity index (χ0) is 21.9. The molecule has 2 amide bonds. The highest BCUT2D eigenvalue weighted by Crippen LogP contribution is 3.02. The lowest BCUT2D eigenvalue weighted by Gasteiger charge is -2.40. The Kier molecular flexibility index (Phi) is 5.65. The van der Waals surface area contributed by atoms with E-state index in [0.717, 1.165) is 0 Å². The van der Waals surface area contributed by atoms with Crippen LogP contribution < -0.4 is 20.1 Å². The molecule has 0 radical (unpaired) electrons. The molecular formula is C17H19F5N2O4S. The number of urea groups is 1. The number of amides is 2. The molecule has 0 saturated carbocycles. The molecule has 0 bridgehead atoms. The number of hydrogen-bond acceptors (Lipinski definition) is 4. The zero-order valence-corrected chi connectivity index (χ0v) is 16.1. The number of anilines is 1. The molecule has 0 fully saturated rings. The molecule has 0 saturated heterocycles. The van der Waals surface area contributed by atoms with Crippen molar-refractivity contribution < 1.29 is 38.8 Å². The number of ether oxygens (including phenoxy) is 2. The lowest BCUT2D eigenvalue weighted by atomic mass is 10.1. The molecule has 0 aliphatic carbocycles. The van der Waals surface area contributed by atoms with Crippen LogP contribution in [-0.4, -0.2) is 31.9 Å². The van der Waals surface area contributed by atoms with E-state index in [0.29, 0.717) is 29.2 Å². The second kappa shape index (κ2) is 7.26.